The van der Waals surface area contributed by atoms with Gasteiger partial charge < -0.3 is 23.8 Å². The molecule has 8 heteroatoms. The minimum atomic E-state index is -0.750. The fourth-order valence-corrected chi connectivity index (χ4v) is 6.04. The second-order valence-electron chi connectivity index (χ2n) is 14.2. The average Bonchev–Trinajstić information content (AvgIpc) is 3.53. The lowest BCUT2D eigenvalue weighted by molar-refractivity contribution is -0.148. The van der Waals surface area contributed by atoms with Crippen LogP contribution in [0.5, 0.6) is 0 Å². The zero-order valence-corrected chi connectivity index (χ0v) is 32.4. The van der Waals surface area contributed by atoms with Crippen molar-refractivity contribution < 1.29 is 33.3 Å². The van der Waals surface area contributed by atoms with Crippen LogP contribution in [-0.4, -0.2) is 69.6 Å². The van der Waals surface area contributed by atoms with Crippen LogP contribution in [0.2, 0.25) is 0 Å². The van der Waals surface area contributed by atoms with Gasteiger partial charge in [-0.05, 0) is 77.8 Å². The molecule has 0 radical (unpaired) electrons. The van der Waals surface area contributed by atoms with E-state index in [1.165, 1.54) is 44.9 Å². The van der Waals surface area contributed by atoms with Crippen LogP contribution in [0.15, 0.2) is 36.0 Å². The molecule has 1 rings (SSSR count). The van der Waals surface area contributed by atoms with Gasteiger partial charge in [-0.15, -0.1) is 0 Å². The summed E-state index contributed by atoms with van der Waals surface area (Å²) in [6.07, 6.45) is 32.3. The molecule has 1 fully saturated rings. The van der Waals surface area contributed by atoms with Gasteiger partial charge in [0.25, 0.3) is 0 Å². The van der Waals surface area contributed by atoms with E-state index in [9.17, 15) is 14.4 Å². The van der Waals surface area contributed by atoms with Gasteiger partial charge in [0.05, 0.1) is 12.5 Å². The van der Waals surface area contributed by atoms with E-state index in [4.69, 9.17) is 18.9 Å². The first-order chi connectivity index (χ1) is 24.4. The topological polar surface area (TPSA) is 91.4 Å². The minimum absolute atomic E-state index is 0.00967. The predicted molar refractivity (Wildman–Crippen MR) is 204 cm³/mol. The number of hydrogen-bond donors (Lipinski definition) is 0. The highest BCUT2D eigenvalue weighted by Crippen LogP contribution is 2.17. The molecule has 0 bridgehead atoms. The van der Waals surface area contributed by atoms with E-state index in [1.807, 2.05) is 0 Å². The van der Waals surface area contributed by atoms with Crippen LogP contribution in [0.1, 0.15) is 156 Å². The number of carbonyl (C=O) groups excluding carboxylic acids is 3. The van der Waals surface area contributed by atoms with E-state index in [0.29, 0.717) is 18.9 Å². The average molecular weight is 704 g/mol. The Bertz CT molecular complexity index is 960. The zero-order valence-electron chi connectivity index (χ0n) is 32.4. The van der Waals surface area contributed by atoms with Crippen LogP contribution in [0, 0.1) is 11.8 Å². The molecular formula is C42H73NO7. The molecule has 0 spiro atoms. The Morgan fingerprint density at radius 2 is 1.26 bits per heavy atom. The quantitative estimate of drug-likeness (QED) is 0.0232. The third-order valence-corrected chi connectivity index (χ3v) is 9.13. The fourth-order valence-electron chi connectivity index (χ4n) is 6.04. The largest absolute Gasteiger partial charge is 0.508 e. The molecule has 0 aromatic rings. The molecule has 0 aliphatic carbocycles. The first kappa shape index (κ1) is 45.4. The van der Waals surface area contributed by atoms with Crippen LogP contribution in [0.4, 0.5) is 4.79 Å². The Balaban J connectivity index is 2.39. The molecule has 1 aliphatic rings. The Morgan fingerprint density at radius 3 is 1.92 bits per heavy atom. The highest BCUT2D eigenvalue weighted by molar-refractivity contribution is 5.82. The van der Waals surface area contributed by atoms with Crippen molar-refractivity contribution in [2.45, 2.75) is 156 Å². The van der Waals surface area contributed by atoms with Crippen LogP contribution in [0.3, 0.4) is 0 Å². The van der Waals surface area contributed by atoms with E-state index in [-0.39, 0.29) is 25.8 Å². The smallest absolute Gasteiger partial charge is 0.465 e. The summed E-state index contributed by atoms with van der Waals surface area (Å²) in [5.41, 5.74) is 1.10. The maximum absolute atomic E-state index is 12.7. The molecule has 1 saturated heterocycles. The first-order valence-corrected chi connectivity index (χ1v) is 20.2. The highest BCUT2D eigenvalue weighted by atomic mass is 16.7. The summed E-state index contributed by atoms with van der Waals surface area (Å²) < 4.78 is 21.8. The van der Waals surface area contributed by atoms with E-state index in [2.05, 4.69) is 57.0 Å². The summed E-state index contributed by atoms with van der Waals surface area (Å²) in [4.78, 5) is 39.7. The van der Waals surface area contributed by atoms with E-state index in [0.717, 1.165) is 102 Å². The van der Waals surface area contributed by atoms with Gasteiger partial charge in [0.1, 0.15) is 19.8 Å². The molecule has 50 heavy (non-hydrogen) atoms. The third-order valence-electron chi connectivity index (χ3n) is 9.13. The minimum Gasteiger partial charge on any atom is -0.465 e. The first-order valence-electron chi connectivity index (χ1n) is 20.2. The van der Waals surface area contributed by atoms with Gasteiger partial charge in [-0.2, -0.15) is 0 Å². The normalized spacial score (nSPS) is 15.9. The number of likely N-dealkylation sites (tertiary alicyclic amines) is 1. The molecule has 0 aromatic heterocycles. The Labute approximate surface area is 305 Å². The molecule has 288 valence electrons. The number of unbranched alkanes of at least 4 members (excludes halogenated alkanes) is 12. The van der Waals surface area contributed by atoms with Gasteiger partial charge >= 0.3 is 18.1 Å². The Hall–Kier alpha value is -2.61. The van der Waals surface area contributed by atoms with Crippen molar-refractivity contribution in [2.24, 2.45) is 11.8 Å². The summed E-state index contributed by atoms with van der Waals surface area (Å²) in [6, 6.07) is 0. The lowest BCUT2D eigenvalue weighted by Gasteiger charge is -2.18. The third kappa shape index (κ3) is 27.2. The molecule has 1 aliphatic heterocycles. The standard InChI is InChI=1S/C42H73NO7/c1-5-8-10-12-13-14-15-16-17-18-19-20-21-22-23-25-28-40(44)47-34-39(36-50-42(46)49-33-38-29-30-43(4)32-38)35-48-41(45)31-37(26-7-3)27-24-11-9-6-2/h14-15,17-18,31,38-39H,5-13,16,19-30,32-36H2,1-4H3/b15-14-,18-17-,37-31+. The Morgan fingerprint density at radius 1 is 0.660 bits per heavy atom. The summed E-state index contributed by atoms with van der Waals surface area (Å²) >= 11 is 0. The molecular weight excluding hydrogens is 630 g/mol. The molecule has 2 atom stereocenters. The van der Waals surface area contributed by atoms with Crippen molar-refractivity contribution in [1.29, 1.82) is 0 Å². The number of ether oxygens (including phenoxy) is 4. The molecule has 2 unspecified atom stereocenters. The van der Waals surface area contributed by atoms with Crippen molar-refractivity contribution in [1.82, 2.24) is 4.90 Å². The number of rotatable bonds is 31. The molecule has 8 nitrogen and oxygen atoms in total. The highest BCUT2D eigenvalue weighted by Gasteiger charge is 2.22. The lowest BCUT2D eigenvalue weighted by atomic mass is 10.0. The van der Waals surface area contributed by atoms with Crippen molar-refractivity contribution in [3.05, 3.63) is 36.0 Å². The van der Waals surface area contributed by atoms with Crippen molar-refractivity contribution in [3.8, 4) is 0 Å². The van der Waals surface area contributed by atoms with Crippen molar-refractivity contribution in [3.63, 3.8) is 0 Å². The molecule has 1 heterocycles. The maximum atomic E-state index is 12.7. The van der Waals surface area contributed by atoms with E-state index < -0.39 is 18.0 Å². The maximum Gasteiger partial charge on any atom is 0.508 e. The monoisotopic (exact) mass is 704 g/mol. The van der Waals surface area contributed by atoms with Crippen LogP contribution in [-0.2, 0) is 28.5 Å². The van der Waals surface area contributed by atoms with Crippen LogP contribution >= 0.6 is 0 Å². The fraction of sp³-hybridized carbons (Fsp3) is 0.786. The van der Waals surface area contributed by atoms with E-state index >= 15 is 0 Å². The number of allylic oxidation sites excluding steroid dienone is 5. The van der Waals surface area contributed by atoms with Gasteiger partial charge in [0, 0.05) is 25.0 Å². The lowest BCUT2D eigenvalue weighted by Crippen LogP contribution is -2.27. The van der Waals surface area contributed by atoms with Gasteiger partial charge in [0.15, 0.2) is 0 Å². The second-order valence-corrected chi connectivity index (χ2v) is 14.2. The summed E-state index contributed by atoms with van der Waals surface area (Å²) in [6.45, 7) is 8.67. The molecule has 0 saturated carbocycles. The zero-order chi connectivity index (χ0) is 36.5. The number of esters is 2. The summed E-state index contributed by atoms with van der Waals surface area (Å²) in [5.74, 6) is -0.869. The van der Waals surface area contributed by atoms with Gasteiger partial charge in [0.2, 0.25) is 0 Å². The summed E-state index contributed by atoms with van der Waals surface area (Å²) in [5, 5.41) is 0. The van der Waals surface area contributed by atoms with Crippen LogP contribution in [0.25, 0.3) is 0 Å². The predicted octanol–water partition coefficient (Wildman–Crippen LogP) is 10.7. The van der Waals surface area contributed by atoms with Gasteiger partial charge in [-0.25, -0.2) is 9.59 Å². The SMILES string of the molecule is CCCCCC/C=C\C/C=C\CCCCCCCC(=O)OCC(COC(=O)/C=C(\CCC)CCCCCC)COC(=O)OCC1CCN(C)C1. The molecule has 0 N–H and O–H groups in total. The second kappa shape index (κ2) is 32.3. The van der Waals surface area contributed by atoms with Crippen molar-refractivity contribution in [2.75, 3.05) is 46.6 Å². The van der Waals surface area contributed by atoms with Gasteiger partial charge in [-0.1, -0.05) is 115 Å². The van der Waals surface area contributed by atoms with Crippen molar-refractivity contribution >= 4 is 18.1 Å². The molecule has 0 amide bonds. The Kier molecular flexibility index (Phi) is 29.3. The van der Waals surface area contributed by atoms with Gasteiger partial charge in [-0.3, -0.25) is 4.79 Å². The number of hydrogen-bond acceptors (Lipinski definition) is 8. The van der Waals surface area contributed by atoms with Crippen LogP contribution < -0.4 is 0 Å². The number of nitrogens with zero attached hydrogens (tertiary/aromatic N) is 1. The summed E-state index contributed by atoms with van der Waals surface area (Å²) in [7, 11) is 2.05. The molecule has 0 aromatic carbocycles. The van der Waals surface area contributed by atoms with E-state index in [1.54, 1.807) is 6.08 Å². The number of carbonyl (C=O) groups is 3.